The lowest BCUT2D eigenvalue weighted by Gasteiger charge is -2.32. The summed E-state index contributed by atoms with van der Waals surface area (Å²) >= 11 is 0. The molecule has 2 heterocycles. The second-order valence-corrected chi connectivity index (χ2v) is 6.24. The van der Waals surface area contributed by atoms with Crippen LogP contribution in [0.1, 0.15) is 34.7 Å². The van der Waals surface area contributed by atoms with Gasteiger partial charge in [-0.15, -0.1) is 0 Å². The molecule has 1 aromatic heterocycles. The summed E-state index contributed by atoms with van der Waals surface area (Å²) in [6.07, 6.45) is 2.23. The Bertz CT molecular complexity index is 631. The summed E-state index contributed by atoms with van der Waals surface area (Å²) in [5.74, 6) is 1.05. The second kappa shape index (κ2) is 7.42. The highest BCUT2D eigenvalue weighted by Crippen LogP contribution is 2.18. The Morgan fingerprint density at radius 2 is 2.04 bits per heavy atom. The first-order chi connectivity index (χ1) is 11.2. The van der Waals surface area contributed by atoms with Gasteiger partial charge in [0.25, 0.3) is 5.91 Å². The Hall–Kier alpha value is -2.14. The highest BCUT2D eigenvalue weighted by atomic mass is 16.5. The topological polar surface area (TPSA) is 58.4 Å². The Kier molecular flexibility index (Phi) is 5.08. The normalized spacial score (nSPS) is 16.4. The molecule has 1 N–H and O–H groups in total. The minimum absolute atomic E-state index is 0.145. The second-order valence-electron chi connectivity index (χ2n) is 6.24. The first-order valence-corrected chi connectivity index (χ1v) is 8.18. The molecule has 0 spiro atoms. The Balaban J connectivity index is 1.40. The Morgan fingerprint density at radius 1 is 1.30 bits per heavy atom. The van der Waals surface area contributed by atoms with E-state index in [1.807, 2.05) is 0 Å². The van der Waals surface area contributed by atoms with E-state index < -0.39 is 0 Å². The first-order valence-electron chi connectivity index (χ1n) is 8.18. The monoisotopic (exact) mass is 313 g/mol. The molecule has 5 heteroatoms. The largest absolute Gasteiger partial charge is 0.361 e. The molecule has 0 atom stereocenters. The molecule has 0 unspecified atom stereocenters. The number of carbonyl (C=O) groups excluding carboxylic acids is 1. The molecule has 5 nitrogen and oxygen atoms in total. The van der Waals surface area contributed by atoms with Gasteiger partial charge in [0.2, 0.25) is 0 Å². The van der Waals surface area contributed by atoms with Crippen molar-refractivity contribution in [3.63, 3.8) is 0 Å². The quantitative estimate of drug-likeness (QED) is 0.922. The number of carbonyl (C=O) groups is 1. The van der Waals surface area contributed by atoms with Gasteiger partial charge in [-0.3, -0.25) is 9.69 Å². The predicted molar refractivity (Wildman–Crippen MR) is 88.0 cm³/mol. The maximum absolute atomic E-state index is 12.0. The fourth-order valence-electron chi connectivity index (χ4n) is 2.99. The Labute approximate surface area is 136 Å². The number of rotatable bonds is 5. The van der Waals surface area contributed by atoms with E-state index in [0.717, 1.165) is 32.5 Å². The van der Waals surface area contributed by atoms with Crippen LogP contribution in [0.3, 0.4) is 0 Å². The predicted octanol–water partition coefficient (Wildman–Crippen LogP) is 2.63. The summed E-state index contributed by atoms with van der Waals surface area (Å²) in [4.78, 5) is 14.4. The average molecular weight is 313 g/mol. The third kappa shape index (κ3) is 4.42. The van der Waals surface area contributed by atoms with Crippen molar-refractivity contribution in [2.75, 3.05) is 19.6 Å². The van der Waals surface area contributed by atoms with Crippen molar-refractivity contribution in [2.45, 2.75) is 26.3 Å². The van der Waals surface area contributed by atoms with Crippen LogP contribution in [0.5, 0.6) is 0 Å². The van der Waals surface area contributed by atoms with Gasteiger partial charge in [-0.05, 0) is 44.3 Å². The summed E-state index contributed by atoms with van der Waals surface area (Å²) in [7, 11) is 0. The molecular weight excluding hydrogens is 290 g/mol. The van der Waals surface area contributed by atoms with E-state index in [9.17, 15) is 4.79 Å². The molecule has 1 aliphatic heterocycles. The van der Waals surface area contributed by atoms with E-state index in [1.165, 1.54) is 5.56 Å². The molecule has 23 heavy (non-hydrogen) atoms. The van der Waals surface area contributed by atoms with Crippen LogP contribution in [0.25, 0.3) is 0 Å². The van der Waals surface area contributed by atoms with Crippen LogP contribution in [-0.2, 0) is 6.54 Å². The highest BCUT2D eigenvalue weighted by Gasteiger charge is 2.20. The molecule has 2 aromatic rings. The van der Waals surface area contributed by atoms with Crippen LogP contribution < -0.4 is 5.32 Å². The SMILES string of the molecule is Cc1cc(C(=O)NCC2CCN(Cc3ccccc3)CC2)no1. The number of aromatic nitrogens is 1. The lowest BCUT2D eigenvalue weighted by Crippen LogP contribution is -2.38. The van der Waals surface area contributed by atoms with E-state index in [2.05, 4.69) is 45.7 Å². The number of nitrogens with one attached hydrogen (secondary N) is 1. The molecule has 1 saturated heterocycles. The van der Waals surface area contributed by atoms with Gasteiger partial charge >= 0.3 is 0 Å². The fraction of sp³-hybridized carbons (Fsp3) is 0.444. The van der Waals surface area contributed by atoms with Crippen LogP contribution in [0, 0.1) is 12.8 Å². The summed E-state index contributed by atoms with van der Waals surface area (Å²) in [5.41, 5.74) is 1.73. The van der Waals surface area contributed by atoms with E-state index in [4.69, 9.17) is 4.52 Å². The van der Waals surface area contributed by atoms with Crippen LogP contribution in [0.2, 0.25) is 0 Å². The molecule has 3 rings (SSSR count). The van der Waals surface area contributed by atoms with Gasteiger partial charge in [0.1, 0.15) is 5.76 Å². The molecule has 122 valence electrons. The zero-order chi connectivity index (χ0) is 16.1. The molecule has 0 radical (unpaired) electrons. The number of hydrogen-bond acceptors (Lipinski definition) is 4. The zero-order valence-corrected chi connectivity index (χ0v) is 13.5. The average Bonchev–Trinajstić information content (AvgIpc) is 3.01. The lowest BCUT2D eigenvalue weighted by atomic mass is 9.96. The maximum atomic E-state index is 12.0. The summed E-state index contributed by atoms with van der Waals surface area (Å²) in [6, 6.07) is 12.2. The first kappa shape index (κ1) is 15.7. The third-order valence-electron chi connectivity index (χ3n) is 4.37. The number of benzene rings is 1. The van der Waals surface area contributed by atoms with Crippen molar-refractivity contribution in [2.24, 2.45) is 5.92 Å². The van der Waals surface area contributed by atoms with Gasteiger partial charge in [0.15, 0.2) is 5.69 Å². The van der Waals surface area contributed by atoms with E-state index >= 15 is 0 Å². The summed E-state index contributed by atoms with van der Waals surface area (Å²) in [5, 5.41) is 6.71. The van der Waals surface area contributed by atoms with E-state index in [0.29, 0.717) is 23.9 Å². The molecule has 0 saturated carbocycles. The number of nitrogens with zero attached hydrogens (tertiary/aromatic N) is 2. The van der Waals surface area contributed by atoms with Crippen molar-refractivity contribution in [3.05, 3.63) is 53.4 Å². The summed E-state index contributed by atoms with van der Waals surface area (Å²) < 4.78 is 4.93. The van der Waals surface area contributed by atoms with Gasteiger partial charge in [-0.1, -0.05) is 35.5 Å². The van der Waals surface area contributed by atoms with Crippen molar-refractivity contribution in [3.8, 4) is 0 Å². The van der Waals surface area contributed by atoms with E-state index in [1.54, 1.807) is 13.0 Å². The van der Waals surface area contributed by atoms with Gasteiger partial charge in [-0.25, -0.2) is 0 Å². The van der Waals surface area contributed by atoms with Crippen LogP contribution >= 0.6 is 0 Å². The molecule has 0 bridgehead atoms. The summed E-state index contributed by atoms with van der Waals surface area (Å²) in [6.45, 7) is 5.67. The lowest BCUT2D eigenvalue weighted by molar-refractivity contribution is 0.0926. The molecular formula is C18H23N3O2. The van der Waals surface area contributed by atoms with Gasteiger partial charge in [0, 0.05) is 19.2 Å². The maximum Gasteiger partial charge on any atom is 0.273 e. The Morgan fingerprint density at radius 3 is 2.70 bits per heavy atom. The number of likely N-dealkylation sites (tertiary alicyclic amines) is 1. The number of piperidine rings is 1. The fourth-order valence-corrected chi connectivity index (χ4v) is 2.99. The van der Waals surface area contributed by atoms with Gasteiger partial charge in [-0.2, -0.15) is 0 Å². The van der Waals surface area contributed by atoms with Crippen LogP contribution in [-0.4, -0.2) is 35.6 Å². The minimum Gasteiger partial charge on any atom is -0.361 e. The third-order valence-corrected chi connectivity index (χ3v) is 4.37. The number of hydrogen-bond donors (Lipinski definition) is 1. The number of aryl methyl sites for hydroxylation is 1. The van der Waals surface area contributed by atoms with Crippen molar-refractivity contribution in [1.29, 1.82) is 0 Å². The molecule has 0 aliphatic carbocycles. The van der Waals surface area contributed by atoms with Crippen molar-refractivity contribution >= 4 is 5.91 Å². The van der Waals surface area contributed by atoms with Crippen molar-refractivity contribution in [1.82, 2.24) is 15.4 Å². The van der Waals surface area contributed by atoms with E-state index in [-0.39, 0.29) is 5.91 Å². The zero-order valence-electron chi connectivity index (χ0n) is 13.5. The molecule has 1 aromatic carbocycles. The highest BCUT2D eigenvalue weighted by molar-refractivity contribution is 5.92. The molecule has 1 fully saturated rings. The molecule has 1 amide bonds. The van der Waals surface area contributed by atoms with Crippen molar-refractivity contribution < 1.29 is 9.32 Å². The standard InChI is InChI=1S/C18H23N3O2/c1-14-11-17(20-23-14)18(22)19-12-15-7-9-21(10-8-15)13-16-5-3-2-4-6-16/h2-6,11,15H,7-10,12-13H2,1H3,(H,19,22). The van der Waals surface area contributed by atoms with Crippen LogP contribution in [0.4, 0.5) is 0 Å². The van der Waals surface area contributed by atoms with Gasteiger partial charge in [0.05, 0.1) is 0 Å². The molecule has 1 aliphatic rings. The minimum atomic E-state index is -0.145. The number of amides is 1. The van der Waals surface area contributed by atoms with Gasteiger partial charge < -0.3 is 9.84 Å². The smallest absolute Gasteiger partial charge is 0.273 e. The van der Waals surface area contributed by atoms with Crippen LogP contribution in [0.15, 0.2) is 40.9 Å².